The summed E-state index contributed by atoms with van der Waals surface area (Å²) in [6.07, 6.45) is 0.622. The second kappa shape index (κ2) is 10.8. The lowest BCUT2D eigenvalue weighted by atomic mass is 9.98. The number of carboxylic acid groups (broad SMARTS) is 1. The van der Waals surface area contributed by atoms with E-state index in [-0.39, 0.29) is 31.4 Å². The van der Waals surface area contributed by atoms with E-state index >= 15 is 0 Å². The molecule has 0 fully saturated rings. The van der Waals surface area contributed by atoms with Crippen LogP contribution in [-0.4, -0.2) is 42.3 Å². The van der Waals surface area contributed by atoms with Gasteiger partial charge in [0.15, 0.2) is 0 Å². The predicted molar refractivity (Wildman–Crippen MR) is 121 cm³/mol. The quantitative estimate of drug-likeness (QED) is 0.521. The van der Waals surface area contributed by atoms with E-state index in [9.17, 15) is 14.4 Å². The van der Waals surface area contributed by atoms with Gasteiger partial charge in [0.25, 0.3) is 0 Å². The van der Waals surface area contributed by atoms with Crippen molar-refractivity contribution in [2.75, 3.05) is 13.2 Å². The first-order chi connectivity index (χ1) is 15.4. The van der Waals surface area contributed by atoms with Crippen molar-refractivity contribution >= 4 is 18.0 Å². The number of benzene rings is 2. The van der Waals surface area contributed by atoms with Crippen molar-refractivity contribution in [3.63, 3.8) is 0 Å². The fourth-order valence-electron chi connectivity index (χ4n) is 4.20. The molecule has 170 valence electrons. The molecular weight excluding hydrogens is 408 g/mol. The maximum Gasteiger partial charge on any atom is 0.407 e. The molecule has 2 amide bonds. The van der Waals surface area contributed by atoms with Crippen molar-refractivity contribution in [1.29, 1.82) is 0 Å². The summed E-state index contributed by atoms with van der Waals surface area (Å²) in [5, 5.41) is 14.3. The largest absolute Gasteiger partial charge is 0.481 e. The lowest BCUT2D eigenvalue weighted by molar-refractivity contribution is -0.137. The van der Waals surface area contributed by atoms with Gasteiger partial charge in [0.1, 0.15) is 6.61 Å². The fourth-order valence-corrected chi connectivity index (χ4v) is 4.20. The van der Waals surface area contributed by atoms with Crippen molar-refractivity contribution in [2.24, 2.45) is 5.92 Å². The molecule has 32 heavy (non-hydrogen) atoms. The number of nitrogens with one attached hydrogen (secondary N) is 2. The molecular formula is C25H30N2O5. The van der Waals surface area contributed by atoms with E-state index in [1.165, 1.54) is 0 Å². The molecule has 1 aliphatic rings. The Bertz CT molecular complexity index is 929. The third-order valence-corrected chi connectivity index (χ3v) is 5.71. The van der Waals surface area contributed by atoms with Gasteiger partial charge in [-0.15, -0.1) is 0 Å². The average Bonchev–Trinajstić information content (AvgIpc) is 3.08. The molecule has 1 aliphatic carbocycles. The van der Waals surface area contributed by atoms with E-state index in [1.807, 2.05) is 31.2 Å². The van der Waals surface area contributed by atoms with E-state index in [0.717, 1.165) is 28.7 Å². The third-order valence-electron chi connectivity index (χ3n) is 5.71. The number of carboxylic acids is 1. The fraction of sp³-hybridized carbons (Fsp3) is 0.400. The number of ether oxygens (including phenoxy) is 1. The number of hydrogen-bond acceptors (Lipinski definition) is 4. The number of aliphatic carboxylic acids is 1. The Morgan fingerprint density at radius 2 is 1.62 bits per heavy atom. The molecule has 3 N–H and O–H groups in total. The van der Waals surface area contributed by atoms with E-state index in [0.29, 0.717) is 6.42 Å². The van der Waals surface area contributed by atoms with Gasteiger partial charge in [-0.25, -0.2) is 4.79 Å². The molecule has 7 nitrogen and oxygen atoms in total. The molecule has 0 saturated heterocycles. The summed E-state index contributed by atoms with van der Waals surface area (Å²) < 4.78 is 5.52. The molecule has 0 radical (unpaired) electrons. The van der Waals surface area contributed by atoms with Gasteiger partial charge < -0.3 is 20.5 Å². The van der Waals surface area contributed by atoms with Crippen LogP contribution in [0.1, 0.15) is 50.2 Å². The van der Waals surface area contributed by atoms with Crippen LogP contribution in [-0.2, 0) is 14.3 Å². The summed E-state index contributed by atoms with van der Waals surface area (Å²) in [7, 11) is 0. The minimum absolute atomic E-state index is 0.0280. The van der Waals surface area contributed by atoms with Crippen molar-refractivity contribution in [1.82, 2.24) is 10.6 Å². The molecule has 2 aromatic rings. The minimum atomic E-state index is -0.971. The lowest BCUT2D eigenvalue weighted by Crippen LogP contribution is -2.43. The van der Waals surface area contributed by atoms with Crippen LogP contribution in [0.2, 0.25) is 0 Å². The van der Waals surface area contributed by atoms with Crippen LogP contribution in [0.4, 0.5) is 4.79 Å². The van der Waals surface area contributed by atoms with Crippen LogP contribution in [0.25, 0.3) is 11.1 Å². The number of hydrogen-bond donors (Lipinski definition) is 3. The number of rotatable bonds is 10. The Morgan fingerprint density at radius 3 is 2.19 bits per heavy atom. The van der Waals surface area contributed by atoms with Gasteiger partial charge in [0, 0.05) is 18.5 Å². The first-order valence-corrected chi connectivity index (χ1v) is 11.0. The van der Waals surface area contributed by atoms with Crippen LogP contribution < -0.4 is 10.6 Å². The number of carbonyl (C=O) groups is 3. The minimum Gasteiger partial charge on any atom is -0.481 e. The Morgan fingerprint density at radius 1 is 1.03 bits per heavy atom. The Kier molecular flexibility index (Phi) is 7.87. The summed E-state index contributed by atoms with van der Waals surface area (Å²) >= 11 is 0. The van der Waals surface area contributed by atoms with Gasteiger partial charge >= 0.3 is 12.1 Å². The highest BCUT2D eigenvalue weighted by atomic mass is 16.5. The molecule has 0 aliphatic heterocycles. The van der Waals surface area contributed by atoms with Gasteiger partial charge in [0.2, 0.25) is 5.91 Å². The molecule has 2 atom stereocenters. The smallest absolute Gasteiger partial charge is 0.407 e. The number of alkyl carbamates (subject to hydrolysis) is 1. The summed E-state index contributed by atoms with van der Waals surface area (Å²) in [6.45, 7) is 3.94. The maximum atomic E-state index is 12.5. The van der Waals surface area contributed by atoms with Crippen LogP contribution in [0.5, 0.6) is 0 Å². The summed E-state index contributed by atoms with van der Waals surface area (Å²) in [4.78, 5) is 35.7. The Balaban J connectivity index is 1.55. The molecule has 0 aromatic heterocycles. The first kappa shape index (κ1) is 23.3. The van der Waals surface area contributed by atoms with Gasteiger partial charge in [-0.2, -0.15) is 0 Å². The maximum absolute atomic E-state index is 12.5. The van der Waals surface area contributed by atoms with Crippen molar-refractivity contribution in [2.45, 2.75) is 45.1 Å². The molecule has 0 heterocycles. The van der Waals surface area contributed by atoms with Crippen LogP contribution in [0, 0.1) is 5.92 Å². The lowest BCUT2D eigenvalue weighted by Gasteiger charge is -2.20. The highest BCUT2D eigenvalue weighted by Crippen LogP contribution is 2.44. The van der Waals surface area contributed by atoms with Crippen molar-refractivity contribution in [3.05, 3.63) is 59.7 Å². The molecule has 0 saturated carbocycles. The molecule has 3 rings (SSSR count). The number of amides is 2. The number of fused-ring (bicyclic) bond motifs is 3. The highest BCUT2D eigenvalue weighted by Gasteiger charge is 2.29. The molecule has 0 spiro atoms. The molecule has 7 heteroatoms. The van der Waals surface area contributed by atoms with Crippen molar-refractivity contribution in [3.8, 4) is 11.1 Å². The third kappa shape index (κ3) is 5.66. The first-order valence-electron chi connectivity index (χ1n) is 11.0. The predicted octanol–water partition coefficient (Wildman–Crippen LogP) is 3.92. The Hall–Kier alpha value is -3.35. The average molecular weight is 439 g/mol. The number of carbonyl (C=O) groups excluding carboxylic acids is 2. The van der Waals surface area contributed by atoms with E-state index < -0.39 is 24.0 Å². The van der Waals surface area contributed by atoms with Crippen molar-refractivity contribution < 1.29 is 24.2 Å². The van der Waals surface area contributed by atoms with Gasteiger partial charge in [-0.1, -0.05) is 61.9 Å². The molecule has 2 unspecified atom stereocenters. The van der Waals surface area contributed by atoms with Gasteiger partial charge in [-0.05, 0) is 35.6 Å². The highest BCUT2D eigenvalue weighted by molar-refractivity contribution is 5.81. The zero-order chi connectivity index (χ0) is 23.1. The summed E-state index contributed by atoms with van der Waals surface area (Å²) in [6, 6.07) is 15.8. The monoisotopic (exact) mass is 438 g/mol. The summed E-state index contributed by atoms with van der Waals surface area (Å²) in [5.41, 5.74) is 4.59. The van der Waals surface area contributed by atoms with E-state index in [1.54, 1.807) is 6.92 Å². The van der Waals surface area contributed by atoms with Crippen LogP contribution in [0.15, 0.2) is 48.5 Å². The summed E-state index contributed by atoms with van der Waals surface area (Å²) in [5.74, 6) is -1.71. The van der Waals surface area contributed by atoms with Gasteiger partial charge in [-0.3, -0.25) is 9.59 Å². The van der Waals surface area contributed by atoms with Crippen LogP contribution >= 0.6 is 0 Å². The topological polar surface area (TPSA) is 105 Å². The SMILES string of the molecule is CCCC(CNC(=O)OCC1c2ccccc2-c2ccccc21)C(=O)NC(C)CC(=O)O. The molecule has 2 aromatic carbocycles. The normalized spacial score (nSPS) is 14.1. The van der Waals surface area contributed by atoms with Gasteiger partial charge in [0.05, 0.1) is 12.3 Å². The second-order valence-electron chi connectivity index (χ2n) is 8.20. The molecule has 0 bridgehead atoms. The Labute approximate surface area is 188 Å². The second-order valence-corrected chi connectivity index (χ2v) is 8.20. The zero-order valence-electron chi connectivity index (χ0n) is 18.5. The zero-order valence-corrected chi connectivity index (χ0v) is 18.5. The van der Waals surface area contributed by atoms with E-state index in [2.05, 4.69) is 34.9 Å². The van der Waals surface area contributed by atoms with E-state index in [4.69, 9.17) is 9.84 Å². The standard InChI is InChI=1S/C25H30N2O5/c1-3-8-17(24(30)27-16(2)13-23(28)29)14-26-25(31)32-15-22-20-11-6-4-9-18(20)19-10-5-7-12-21(19)22/h4-7,9-12,16-17,22H,3,8,13-15H2,1-2H3,(H,26,31)(H,27,30)(H,28,29). The van der Waals surface area contributed by atoms with Crippen LogP contribution in [0.3, 0.4) is 0 Å².